The fourth-order valence-corrected chi connectivity index (χ4v) is 3.06. The predicted octanol–water partition coefficient (Wildman–Crippen LogP) is 4.53. The summed E-state index contributed by atoms with van der Waals surface area (Å²) in [5, 5.41) is 7.75. The number of anilines is 1. The molecule has 1 aliphatic rings. The second-order valence-electron chi connectivity index (χ2n) is 7.30. The number of rotatable bonds is 2. The molecule has 3 rings (SSSR count). The standard InChI is InChI=1S/C18H24FN3O3/c1-11-15-13(20-17(23)25-18(2,3)4)9-8-12(19)16(15)22(21-11)14-7-5-6-10-24-14/h8-9,14H,5-7,10H2,1-4H3,(H,20,23). The summed E-state index contributed by atoms with van der Waals surface area (Å²) in [4.78, 5) is 12.1. The lowest BCUT2D eigenvalue weighted by Crippen LogP contribution is -2.27. The molecular weight excluding hydrogens is 325 g/mol. The highest BCUT2D eigenvalue weighted by Gasteiger charge is 2.25. The first kappa shape index (κ1) is 17.7. The zero-order valence-corrected chi connectivity index (χ0v) is 15.1. The van der Waals surface area contributed by atoms with Crippen LogP contribution in [0.5, 0.6) is 0 Å². The normalized spacial score (nSPS) is 18.4. The number of aromatic nitrogens is 2. The molecule has 6 nitrogen and oxygen atoms in total. The van der Waals surface area contributed by atoms with Crippen LogP contribution in [0.3, 0.4) is 0 Å². The van der Waals surface area contributed by atoms with Crippen LogP contribution in [0.4, 0.5) is 14.9 Å². The molecule has 1 N–H and O–H groups in total. The van der Waals surface area contributed by atoms with E-state index < -0.39 is 11.7 Å². The SMILES string of the molecule is Cc1nn(C2CCCCO2)c2c(F)ccc(NC(=O)OC(C)(C)C)c12. The Kier molecular flexibility index (Phi) is 4.69. The Morgan fingerprint density at radius 2 is 2.16 bits per heavy atom. The van der Waals surface area contributed by atoms with E-state index in [-0.39, 0.29) is 12.0 Å². The number of carbonyl (C=O) groups is 1. The topological polar surface area (TPSA) is 65.4 Å². The summed E-state index contributed by atoms with van der Waals surface area (Å²) in [5.74, 6) is -0.389. The fraction of sp³-hybridized carbons (Fsp3) is 0.556. The van der Waals surface area contributed by atoms with Gasteiger partial charge in [0.05, 0.1) is 11.4 Å². The third-order valence-corrected chi connectivity index (χ3v) is 4.04. The average molecular weight is 349 g/mol. The lowest BCUT2D eigenvalue weighted by atomic mass is 10.1. The van der Waals surface area contributed by atoms with E-state index in [0.29, 0.717) is 28.9 Å². The Bertz CT molecular complexity index is 789. The van der Waals surface area contributed by atoms with Gasteiger partial charge in [0, 0.05) is 12.0 Å². The number of amides is 1. The number of halogens is 1. The molecule has 0 bridgehead atoms. The van der Waals surface area contributed by atoms with Crippen molar-refractivity contribution in [2.24, 2.45) is 0 Å². The molecule has 1 aromatic heterocycles. The second-order valence-corrected chi connectivity index (χ2v) is 7.30. The van der Waals surface area contributed by atoms with Crippen molar-refractivity contribution in [3.63, 3.8) is 0 Å². The van der Waals surface area contributed by atoms with Crippen molar-refractivity contribution in [1.29, 1.82) is 0 Å². The van der Waals surface area contributed by atoms with Gasteiger partial charge in [0.25, 0.3) is 0 Å². The second kappa shape index (κ2) is 6.63. The van der Waals surface area contributed by atoms with Gasteiger partial charge in [-0.25, -0.2) is 13.9 Å². The van der Waals surface area contributed by atoms with Gasteiger partial charge in [-0.1, -0.05) is 0 Å². The maximum atomic E-state index is 14.5. The molecule has 1 aromatic carbocycles. The van der Waals surface area contributed by atoms with Gasteiger partial charge in [-0.05, 0) is 59.1 Å². The maximum absolute atomic E-state index is 14.5. The lowest BCUT2D eigenvalue weighted by molar-refractivity contribution is -0.0370. The van der Waals surface area contributed by atoms with E-state index in [9.17, 15) is 9.18 Å². The lowest BCUT2D eigenvalue weighted by Gasteiger charge is -2.23. The number of fused-ring (bicyclic) bond motifs is 1. The van der Waals surface area contributed by atoms with Crippen molar-refractivity contribution in [1.82, 2.24) is 9.78 Å². The van der Waals surface area contributed by atoms with E-state index in [1.165, 1.54) is 12.1 Å². The number of aryl methyl sites for hydroxylation is 1. The third kappa shape index (κ3) is 3.76. The molecule has 1 fully saturated rings. The molecule has 0 saturated carbocycles. The first-order chi connectivity index (χ1) is 11.8. The number of ether oxygens (including phenoxy) is 2. The van der Waals surface area contributed by atoms with Gasteiger partial charge in [0.15, 0.2) is 6.23 Å². The van der Waals surface area contributed by atoms with Crippen LogP contribution in [-0.2, 0) is 9.47 Å². The summed E-state index contributed by atoms with van der Waals surface area (Å²) >= 11 is 0. The third-order valence-electron chi connectivity index (χ3n) is 4.04. The van der Waals surface area contributed by atoms with Crippen molar-refractivity contribution in [3.8, 4) is 0 Å². The summed E-state index contributed by atoms with van der Waals surface area (Å²) in [6.07, 6.45) is 1.95. The van der Waals surface area contributed by atoms with Crippen LogP contribution in [0, 0.1) is 12.7 Å². The average Bonchev–Trinajstić information content (AvgIpc) is 2.88. The van der Waals surface area contributed by atoms with E-state index in [1.807, 2.05) is 0 Å². The quantitative estimate of drug-likeness (QED) is 0.865. The van der Waals surface area contributed by atoms with Crippen LogP contribution in [0.25, 0.3) is 10.9 Å². The van der Waals surface area contributed by atoms with Gasteiger partial charge in [-0.2, -0.15) is 5.10 Å². The molecule has 25 heavy (non-hydrogen) atoms. The Balaban J connectivity index is 1.99. The Morgan fingerprint density at radius 3 is 2.80 bits per heavy atom. The highest BCUT2D eigenvalue weighted by atomic mass is 19.1. The smallest absolute Gasteiger partial charge is 0.412 e. The van der Waals surface area contributed by atoms with Gasteiger partial charge in [-0.15, -0.1) is 0 Å². The minimum absolute atomic E-state index is 0.281. The summed E-state index contributed by atoms with van der Waals surface area (Å²) in [6, 6.07) is 2.86. The molecule has 136 valence electrons. The fourth-order valence-electron chi connectivity index (χ4n) is 3.06. The number of nitrogens with one attached hydrogen (secondary N) is 1. The molecule has 0 radical (unpaired) electrons. The molecule has 1 aliphatic heterocycles. The Morgan fingerprint density at radius 1 is 1.40 bits per heavy atom. The molecule has 0 aliphatic carbocycles. The molecule has 2 heterocycles. The van der Waals surface area contributed by atoms with Crippen LogP contribution in [0.15, 0.2) is 12.1 Å². The van der Waals surface area contributed by atoms with Gasteiger partial charge in [0.1, 0.15) is 16.9 Å². The summed E-state index contributed by atoms with van der Waals surface area (Å²) in [7, 11) is 0. The van der Waals surface area contributed by atoms with Crippen LogP contribution in [0.2, 0.25) is 0 Å². The van der Waals surface area contributed by atoms with Gasteiger partial charge >= 0.3 is 6.09 Å². The molecule has 7 heteroatoms. The largest absolute Gasteiger partial charge is 0.444 e. The molecule has 0 spiro atoms. The zero-order chi connectivity index (χ0) is 18.2. The summed E-state index contributed by atoms with van der Waals surface area (Å²) in [5.41, 5.74) is 0.844. The summed E-state index contributed by atoms with van der Waals surface area (Å²) < 4.78 is 27.2. The molecule has 2 aromatic rings. The minimum Gasteiger partial charge on any atom is -0.444 e. The van der Waals surface area contributed by atoms with E-state index >= 15 is 0 Å². The monoisotopic (exact) mass is 349 g/mol. The molecule has 1 amide bonds. The van der Waals surface area contributed by atoms with E-state index in [4.69, 9.17) is 9.47 Å². The maximum Gasteiger partial charge on any atom is 0.412 e. The highest BCUT2D eigenvalue weighted by molar-refractivity contribution is 6.00. The summed E-state index contributed by atoms with van der Waals surface area (Å²) in [6.45, 7) is 7.80. The first-order valence-electron chi connectivity index (χ1n) is 8.55. The minimum atomic E-state index is -0.613. The molecule has 1 saturated heterocycles. The molecule has 1 unspecified atom stereocenters. The van der Waals surface area contributed by atoms with E-state index in [0.717, 1.165) is 19.3 Å². The highest BCUT2D eigenvalue weighted by Crippen LogP contribution is 2.33. The number of hydrogen-bond donors (Lipinski definition) is 1. The van der Waals surface area contributed by atoms with Crippen LogP contribution in [-0.4, -0.2) is 28.1 Å². The predicted molar refractivity (Wildman–Crippen MR) is 93.1 cm³/mol. The van der Waals surface area contributed by atoms with Crippen molar-refractivity contribution < 1.29 is 18.7 Å². The Labute approximate surface area is 146 Å². The van der Waals surface area contributed by atoms with Crippen molar-refractivity contribution in [2.45, 2.75) is 58.8 Å². The van der Waals surface area contributed by atoms with Gasteiger partial charge < -0.3 is 9.47 Å². The number of hydrogen-bond acceptors (Lipinski definition) is 4. The van der Waals surface area contributed by atoms with E-state index in [1.54, 1.807) is 32.4 Å². The number of nitrogens with zero attached hydrogens (tertiary/aromatic N) is 2. The van der Waals surface area contributed by atoms with Crippen molar-refractivity contribution >= 4 is 22.7 Å². The Hall–Kier alpha value is -2.15. The molecular formula is C18H24FN3O3. The molecule has 1 atom stereocenters. The van der Waals surface area contributed by atoms with Crippen molar-refractivity contribution in [2.75, 3.05) is 11.9 Å². The van der Waals surface area contributed by atoms with Gasteiger partial charge in [0.2, 0.25) is 0 Å². The number of carbonyl (C=O) groups excluding carboxylic acids is 1. The van der Waals surface area contributed by atoms with Crippen LogP contribution >= 0.6 is 0 Å². The van der Waals surface area contributed by atoms with Crippen LogP contribution < -0.4 is 5.32 Å². The first-order valence-corrected chi connectivity index (χ1v) is 8.55. The van der Waals surface area contributed by atoms with Gasteiger partial charge in [-0.3, -0.25) is 5.32 Å². The number of benzene rings is 1. The van der Waals surface area contributed by atoms with Crippen LogP contribution in [0.1, 0.15) is 52.0 Å². The van der Waals surface area contributed by atoms with E-state index in [2.05, 4.69) is 10.4 Å². The zero-order valence-electron chi connectivity index (χ0n) is 15.1. The van der Waals surface area contributed by atoms with Crippen molar-refractivity contribution in [3.05, 3.63) is 23.6 Å².